The minimum absolute atomic E-state index is 0.0688. The molecule has 9 heteroatoms. The minimum Gasteiger partial charge on any atom is -0.394 e. The van der Waals surface area contributed by atoms with Crippen molar-refractivity contribution in [1.29, 1.82) is 5.41 Å². The Labute approximate surface area is 156 Å². The summed E-state index contributed by atoms with van der Waals surface area (Å²) in [5.41, 5.74) is 2.18. The zero-order valence-corrected chi connectivity index (χ0v) is 15.4. The van der Waals surface area contributed by atoms with Gasteiger partial charge in [0.05, 0.1) is 11.5 Å². The van der Waals surface area contributed by atoms with E-state index in [9.17, 15) is 17.2 Å². The van der Waals surface area contributed by atoms with E-state index in [1.807, 2.05) is 0 Å². The first-order valence-electron chi connectivity index (χ1n) is 7.98. The molecule has 0 aliphatic rings. The molecule has 0 fully saturated rings. The first-order chi connectivity index (χ1) is 12.7. The van der Waals surface area contributed by atoms with Gasteiger partial charge in [0.15, 0.2) is 11.6 Å². The van der Waals surface area contributed by atoms with Gasteiger partial charge in [-0.2, -0.15) is 0 Å². The summed E-state index contributed by atoms with van der Waals surface area (Å²) in [6, 6.07) is 8.53. The summed E-state index contributed by atoms with van der Waals surface area (Å²) in [6.07, 6.45) is 3.09. The number of nitrogens with one attached hydrogen (secondary N) is 3. The maximum absolute atomic E-state index is 13.5. The Morgan fingerprint density at radius 2 is 1.81 bits per heavy atom. The number of allylic oxidation sites excluding steroid dienone is 1. The van der Waals surface area contributed by atoms with Crippen LogP contribution < -0.4 is 15.8 Å². The van der Waals surface area contributed by atoms with Gasteiger partial charge in [0.2, 0.25) is 10.0 Å². The van der Waals surface area contributed by atoms with Crippen molar-refractivity contribution in [2.75, 3.05) is 24.7 Å². The van der Waals surface area contributed by atoms with Crippen molar-refractivity contribution >= 4 is 21.4 Å². The van der Waals surface area contributed by atoms with Gasteiger partial charge in [-0.25, -0.2) is 22.3 Å². The number of rotatable bonds is 8. The summed E-state index contributed by atoms with van der Waals surface area (Å²) in [4.78, 5) is 0. The second-order valence-electron chi connectivity index (χ2n) is 5.72. The first kappa shape index (κ1) is 20.5. The molecular weight excluding hydrogens is 374 g/mol. The van der Waals surface area contributed by atoms with Gasteiger partial charge in [-0.3, -0.25) is 0 Å². The van der Waals surface area contributed by atoms with Crippen LogP contribution in [0.25, 0.3) is 11.1 Å². The lowest BCUT2D eigenvalue weighted by Crippen LogP contribution is -2.22. The quantitative estimate of drug-likeness (QED) is 0.516. The van der Waals surface area contributed by atoms with E-state index >= 15 is 0 Å². The molecule has 27 heavy (non-hydrogen) atoms. The average Bonchev–Trinajstić information content (AvgIpc) is 2.61. The Hall–Kier alpha value is -2.78. The second kappa shape index (κ2) is 8.74. The van der Waals surface area contributed by atoms with Crippen LogP contribution in [0.3, 0.4) is 0 Å². The highest BCUT2D eigenvalue weighted by atomic mass is 32.2. The molecule has 144 valence electrons. The lowest BCUT2D eigenvalue weighted by molar-refractivity contribution is 0.509. The monoisotopic (exact) mass is 394 g/mol. The highest BCUT2D eigenvalue weighted by molar-refractivity contribution is 7.89. The van der Waals surface area contributed by atoms with Crippen molar-refractivity contribution < 1.29 is 17.2 Å². The zero-order chi connectivity index (χ0) is 20.0. The lowest BCUT2D eigenvalue weighted by atomic mass is 9.99. The van der Waals surface area contributed by atoms with Crippen molar-refractivity contribution in [2.45, 2.75) is 0 Å². The van der Waals surface area contributed by atoms with Gasteiger partial charge >= 0.3 is 0 Å². The number of hydrogen-bond acceptors (Lipinski definition) is 5. The molecule has 0 amide bonds. The number of halogens is 2. The summed E-state index contributed by atoms with van der Waals surface area (Å²) in [5.74, 6) is -2.17. The third-order valence-corrected chi connectivity index (χ3v) is 4.45. The van der Waals surface area contributed by atoms with Gasteiger partial charge in [-0.1, -0.05) is 12.1 Å². The summed E-state index contributed by atoms with van der Waals surface area (Å²) in [7, 11) is -1.93. The molecule has 5 N–H and O–H groups in total. The average molecular weight is 394 g/mol. The molecule has 0 saturated heterocycles. The smallest absolute Gasteiger partial charge is 0.210 e. The van der Waals surface area contributed by atoms with Crippen molar-refractivity contribution in [1.82, 2.24) is 5.32 Å². The molecule has 0 radical (unpaired) electrons. The van der Waals surface area contributed by atoms with Crippen molar-refractivity contribution in [3.8, 4) is 11.1 Å². The van der Waals surface area contributed by atoms with Gasteiger partial charge in [-0.15, -0.1) is 0 Å². The first-order valence-corrected chi connectivity index (χ1v) is 9.69. The Kier molecular flexibility index (Phi) is 6.65. The molecule has 0 spiro atoms. The van der Waals surface area contributed by atoms with Crippen LogP contribution in [0, 0.1) is 17.0 Å². The van der Waals surface area contributed by atoms with Crippen LogP contribution in [-0.4, -0.2) is 33.5 Å². The van der Waals surface area contributed by atoms with Gasteiger partial charge in [-0.05, 0) is 47.7 Å². The van der Waals surface area contributed by atoms with E-state index < -0.39 is 21.7 Å². The van der Waals surface area contributed by atoms with E-state index in [0.29, 0.717) is 22.4 Å². The van der Waals surface area contributed by atoms with E-state index in [1.54, 1.807) is 31.4 Å². The maximum atomic E-state index is 13.5. The number of benzene rings is 2. The van der Waals surface area contributed by atoms with E-state index in [1.165, 1.54) is 12.1 Å². The highest BCUT2D eigenvalue weighted by Gasteiger charge is 2.11. The van der Waals surface area contributed by atoms with Gasteiger partial charge < -0.3 is 16.0 Å². The molecule has 0 aromatic heterocycles. The molecule has 2 rings (SSSR count). The van der Waals surface area contributed by atoms with Gasteiger partial charge in [0, 0.05) is 24.8 Å². The van der Waals surface area contributed by atoms with Crippen LogP contribution in [0.1, 0.15) is 5.56 Å². The third-order valence-electron chi connectivity index (χ3n) is 3.68. The predicted molar refractivity (Wildman–Crippen MR) is 103 cm³/mol. The third kappa shape index (κ3) is 5.87. The molecule has 6 nitrogen and oxygen atoms in total. The Morgan fingerprint density at radius 1 is 1.15 bits per heavy atom. The van der Waals surface area contributed by atoms with Crippen LogP contribution in [0.5, 0.6) is 0 Å². The Balaban J connectivity index is 2.40. The SMILES string of the molecule is CN/C=C\C(=N)c1cc(-c2ccc(F)c(F)c2)ccc1NCCS(N)(=O)=O. The van der Waals surface area contributed by atoms with E-state index in [0.717, 1.165) is 12.1 Å². The number of primary sulfonamides is 1. The number of sulfonamides is 1. The fourth-order valence-electron chi connectivity index (χ4n) is 2.36. The summed E-state index contributed by atoms with van der Waals surface area (Å²) < 4.78 is 48.9. The molecular formula is C18H20F2N4O2S. The van der Waals surface area contributed by atoms with Crippen LogP contribution in [0.2, 0.25) is 0 Å². The normalized spacial score (nSPS) is 11.6. The fourth-order valence-corrected chi connectivity index (χ4v) is 2.75. The molecule has 0 heterocycles. The summed E-state index contributed by atoms with van der Waals surface area (Å²) in [5, 5.41) is 18.9. The number of nitrogens with two attached hydrogens (primary N) is 1. The fraction of sp³-hybridized carbons (Fsp3) is 0.167. The Bertz CT molecular complexity index is 975. The van der Waals surface area contributed by atoms with Crippen molar-refractivity contribution in [3.05, 3.63) is 65.9 Å². The zero-order valence-electron chi connectivity index (χ0n) is 14.6. The largest absolute Gasteiger partial charge is 0.394 e. The minimum atomic E-state index is -3.62. The predicted octanol–water partition coefficient (Wildman–Crippen LogP) is 2.43. The molecule has 0 bridgehead atoms. The second-order valence-corrected chi connectivity index (χ2v) is 7.45. The lowest BCUT2D eigenvalue weighted by Gasteiger charge is -2.14. The number of hydrogen-bond donors (Lipinski definition) is 4. The van der Waals surface area contributed by atoms with Gasteiger partial charge in [0.25, 0.3) is 0 Å². The van der Waals surface area contributed by atoms with E-state index in [-0.39, 0.29) is 18.0 Å². The van der Waals surface area contributed by atoms with Crippen LogP contribution in [0.15, 0.2) is 48.7 Å². The summed E-state index contributed by atoms with van der Waals surface area (Å²) in [6.45, 7) is 0.0688. The molecule has 0 unspecified atom stereocenters. The topological polar surface area (TPSA) is 108 Å². The van der Waals surface area contributed by atoms with Gasteiger partial charge in [0.1, 0.15) is 0 Å². The molecule has 0 aliphatic carbocycles. The number of anilines is 1. The van der Waals surface area contributed by atoms with Crippen LogP contribution >= 0.6 is 0 Å². The highest BCUT2D eigenvalue weighted by Crippen LogP contribution is 2.27. The Morgan fingerprint density at radius 3 is 2.44 bits per heavy atom. The standard InChI is InChI=1S/C18H20F2N4O2S/c1-23-7-6-17(21)14-10-12(13-2-4-15(19)16(20)11-13)3-5-18(14)24-8-9-27(22,25)26/h2-7,10-11,21,23-24H,8-9H2,1H3,(H2,22,25,26)/b7-6-,21-17?. The summed E-state index contributed by atoms with van der Waals surface area (Å²) >= 11 is 0. The maximum Gasteiger partial charge on any atom is 0.210 e. The molecule has 2 aromatic carbocycles. The molecule has 0 saturated carbocycles. The van der Waals surface area contributed by atoms with Crippen LogP contribution in [0.4, 0.5) is 14.5 Å². The molecule has 0 atom stereocenters. The van der Waals surface area contributed by atoms with Crippen molar-refractivity contribution in [2.24, 2.45) is 5.14 Å². The van der Waals surface area contributed by atoms with E-state index in [4.69, 9.17) is 10.5 Å². The molecule has 2 aromatic rings. The van der Waals surface area contributed by atoms with Crippen molar-refractivity contribution in [3.63, 3.8) is 0 Å². The molecule has 0 aliphatic heterocycles. The van der Waals surface area contributed by atoms with E-state index in [2.05, 4.69) is 10.6 Å². The van der Waals surface area contributed by atoms with Crippen LogP contribution in [-0.2, 0) is 10.0 Å².